The van der Waals surface area contributed by atoms with Crippen molar-refractivity contribution in [1.82, 2.24) is 5.32 Å². The van der Waals surface area contributed by atoms with Crippen LogP contribution in [0.25, 0.3) is 0 Å². The van der Waals surface area contributed by atoms with Crippen molar-refractivity contribution in [2.45, 2.75) is 25.0 Å². The molecule has 1 aliphatic rings. The largest absolute Gasteiger partial charge is 0.508 e. The number of nitrogens with zero attached hydrogens (tertiary/aromatic N) is 2. The fourth-order valence-corrected chi connectivity index (χ4v) is 2.66. The van der Waals surface area contributed by atoms with Crippen molar-refractivity contribution in [1.29, 1.82) is 0 Å². The molecule has 19 heavy (non-hydrogen) atoms. The summed E-state index contributed by atoms with van der Waals surface area (Å²) < 4.78 is 0. The van der Waals surface area contributed by atoms with Crippen LogP contribution in [0.2, 0.25) is 0 Å². The Bertz CT molecular complexity index is 511. The SMILES string of the molecule is CCC[C@H]1SC(=NN=Cc2ccc(O)cc2)NC1=O. The van der Waals surface area contributed by atoms with Crippen molar-refractivity contribution in [2.24, 2.45) is 10.2 Å². The maximum Gasteiger partial charge on any atom is 0.239 e. The van der Waals surface area contributed by atoms with Crippen molar-refractivity contribution < 1.29 is 9.90 Å². The Morgan fingerprint density at radius 1 is 1.42 bits per heavy atom. The summed E-state index contributed by atoms with van der Waals surface area (Å²) in [5.74, 6) is 0.218. The van der Waals surface area contributed by atoms with Gasteiger partial charge in [0.2, 0.25) is 5.91 Å². The van der Waals surface area contributed by atoms with E-state index in [-0.39, 0.29) is 16.9 Å². The quantitative estimate of drug-likeness (QED) is 0.654. The Labute approximate surface area is 115 Å². The van der Waals surface area contributed by atoms with E-state index in [4.69, 9.17) is 5.11 Å². The second kappa shape index (κ2) is 6.38. The number of benzene rings is 1. The lowest BCUT2D eigenvalue weighted by Crippen LogP contribution is -2.24. The third-order valence-corrected chi connectivity index (χ3v) is 3.72. The third-order valence-electron chi connectivity index (χ3n) is 2.58. The third kappa shape index (κ3) is 3.82. The number of hydrogen-bond acceptors (Lipinski definition) is 5. The highest BCUT2D eigenvalue weighted by Crippen LogP contribution is 2.23. The molecule has 0 unspecified atom stereocenters. The molecule has 1 aliphatic heterocycles. The fourth-order valence-electron chi connectivity index (χ4n) is 1.61. The summed E-state index contributed by atoms with van der Waals surface area (Å²) in [6.07, 6.45) is 3.39. The van der Waals surface area contributed by atoms with E-state index < -0.39 is 0 Å². The molecular weight excluding hydrogens is 262 g/mol. The van der Waals surface area contributed by atoms with E-state index in [9.17, 15) is 4.79 Å². The number of rotatable bonds is 4. The molecule has 0 saturated carbocycles. The van der Waals surface area contributed by atoms with Crippen LogP contribution in [-0.4, -0.2) is 27.6 Å². The molecule has 0 spiro atoms. The number of thioether (sulfide) groups is 1. The van der Waals surface area contributed by atoms with Gasteiger partial charge in [-0.25, -0.2) is 0 Å². The maximum absolute atomic E-state index is 11.6. The summed E-state index contributed by atoms with van der Waals surface area (Å²) in [6, 6.07) is 6.63. The van der Waals surface area contributed by atoms with Crippen LogP contribution in [0, 0.1) is 0 Å². The van der Waals surface area contributed by atoms with Gasteiger partial charge in [0.15, 0.2) is 5.17 Å². The summed E-state index contributed by atoms with van der Waals surface area (Å²) in [5.41, 5.74) is 0.835. The minimum atomic E-state index is -0.0485. The van der Waals surface area contributed by atoms with Crippen LogP contribution in [0.3, 0.4) is 0 Å². The van der Waals surface area contributed by atoms with Crippen LogP contribution in [0.15, 0.2) is 34.5 Å². The number of carbonyl (C=O) groups excluding carboxylic acids is 1. The van der Waals surface area contributed by atoms with Crippen molar-refractivity contribution in [3.8, 4) is 5.75 Å². The Kier molecular flexibility index (Phi) is 4.57. The van der Waals surface area contributed by atoms with Gasteiger partial charge in [-0.3, -0.25) is 4.79 Å². The second-order valence-corrected chi connectivity index (χ2v) is 5.32. The Balaban J connectivity index is 1.96. The zero-order chi connectivity index (χ0) is 13.7. The predicted octanol–water partition coefficient (Wildman–Crippen LogP) is 2.11. The van der Waals surface area contributed by atoms with Crippen LogP contribution in [-0.2, 0) is 4.79 Å². The highest BCUT2D eigenvalue weighted by atomic mass is 32.2. The highest BCUT2D eigenvalue weighted by molar-refractivity contribution is 8.15. The molecule has 100 valence electrons. The summed E-state index contributed by atoms with van der Waals surface area (Å²) in [5, 5.41) is 20.2. The van der Waals surface area contributed by atoms with Crippen LogP contribution in [0.4, 0.5) is 0 Å². The molecule has 1 fully saturated rings. The predicted molar refractivity (Wildman–Crippen MR) is 77.6 cm³/mol. The van der Waals surface area contributed by atoms with Gasteiger partial charge in [0.1, 0.15) is 5.75 Å². The number of hydrogen-bond donors (Lipinski definition) is 2. The summed E-state index contributed by atoms with van der Waals surface area (Å²) in [7, 11) is 0. The number of carbonyl (C=O) groups is 1. The van der Waals surface area contributed by atoms with Gasteiger partial charge in [0, 0.05) is 0 Å². The molecular formula is C13H15N3O2S. The van der Waals surface area contributed by atoms with Crippen molar-refractivity contribution in [2.75, 3.05) is 0 Å². The van der Waals surface area contributed by atoms with Crippen LogP contribution in [0.1, 0.15) is 25.3 Å². The molecule has 1 aromatic carbocycles. The van der Waals surface area contributed by atoms with E-state index in [1.807, 2.05) is 6.92 Å². The average molecular weight is 277 g/mol. The van der Waals surface area contributed by atoms with Gasteiger partial charge in [-0.2, -0.15) is 5.10 Å². The zero-order valence-corrected chi connectivity index (χ0v) is 11.4. The Hall–Kier alpha value is -1.82. The van der Waals surface area contributed by atoms with Gasteiger partial charge in [-0.15, -0.1) is 5.10 Å². The number of amides is 1. The molecule has 1 aromatic rings. The zero-order valence-electron chi connectivity index (χ0n) is 10.5. The lowest BCUT2D eigenvalue weighted by molar-refractivity contribution is -0.118. The summed E-state index contributed by atoms with van der Waals surface area (Å²) >= 11 is 1.42. The first kappa shape index (κ1) is 13.6. The molecule has 1 saturated heterocycles. The molecule has 1 amide bonds. The summed E-state index contributed by atoms with van der Waals surface area (Å²) in [6.45, 7) is 2.05. The van der Waals surface area contributed by atoms with Crippen molar-refractivity contribution in [3.05, 3.63) is 29.8 Å². The normalized spacial score (nSPS) is 21.2. The molecule has 0 bridgehead atoms. The molecule has 6 heteroatoms. The molecule has 0 aliphatic carbocycles. The van der Waals surface area contributed by atoms with Gasteiger partial charge in [-0.05, 0) is 36.2 Å². The van der Waals surface area contributed by atoms with Gasteiger partial charge >= 0.3 is 0 Å². The number of phenols is 1. The molecule has 2 N–H and O–H groups in total. The summed E-state index contributed by atoms with van der Waals surface area (Å²) in [4.78, 5) is 11.6. The number of phenolic OH excluding ortho intramolecular Hbond substituents is 1. The van der Waals surface area contributed by atoms with Gasteiger partial charge in [0.05, 0.1) is 11.5 Å². The molecule has 2 rings (SSSR count). The fraction of sp³-hybridized carbons (Fsp3) is 0.308. The molecule has 5 nitrogen and oxygen atoms in total. The van der Waals surface area contributed by atoms with Gasteiger partial charge in [0.25, 0.3) is 0 Å². The first-order valence-electron chi connectivity index (χ1n) is 6.06. The van der Waals surface area contributed by atoms with Gasteiger partial charge in [-0.1, -0.05) is 25.1 Å². The lowest BCUT2D eigenvalue weighted by Gasteiger charge is -1.99. The van der Waals surface area contributed by atoms with Crippen molar-refractivity contribution >= 4 is 29.1 Å². The lowest BCUT2D eigenvalue weighted by atomic mass is 10.2. The molecule has 1 heterocycles. The Morgan fingerprint density at radius 3 is 2.84 bits per heavy atom. The van der Waals surface area contributed by atoms with Gasteiger partial charge < -0.3 is 10.4 Å². The highest BCUT2D eigenvalue weighted by Gasteiger charge is 2.29. The molecule has 0 aromatic heterocycles. The minimum absolute atomic E-state index is 0.00503. The first-order chi connectivity index (χ1) is 9.19. The van der Waals surface area contributed by atoms with E-state index >= 15 is 0 Å². The number of aromatic hydroxyl groups is 1. The molecule has 0 radical (unpaired) electrons. The van der Waals surface area contributed by atoms with E-state index in [2.05, 4.69) is 15.5 Å². The number of nitrogens with one attached hydrogen (secondary N) is 1. The first-order valence-corrected chi connectivity index (χ1v) is 6.94. The average Bonchev–Trinajstić information content (AvgIpc) is 2.73. The van der Waals surface area contributed by atoms with Crippen molar-refractivity contribution in [3.63, 3.8) is 0 Å². The smallest absolute Gasteiger partial charge is 0.239 e. The maximum atomic E-state index is 11.6. The molecule has 1 atom stereocenters. The monoisotopic (exact) mass is 277 g/mol. The van der Waals surface area contributed by atoms with E-state index in [0.717, 1.165) is 18.4 Å². The second-order valence-electron chi connectivity index (χ2n) is 4.13. The Morgan fingerprint density at radius 2 is 2.16 bits per heavy atom. The van der Waals surface area contributed by atoms with E-state index in [1.54, 1.807) is 30.5 Å². The van der Waals surface area contributed by atoms with Crippen LogP contribution < -0.4 is 5.32 Å². The number of amidine groups is 1. The van der Waals surface area contributed by atoms with Crippen LogP contribution in [0.5, 0.6) is 5.75 Å². The standard InChI is InChI=1S/C13H15N3O2S/c1-2-3-11-12(18)15-13(19-11)16-14-8-9-4-6-10(17)7-5-9/h4-8,11,17H,2-3H2,1H3,(H,15,16,18)/t11-/m1/s1. The van der Waals surface area contributed by atoms with Crippen LogP contribution >= 0.6 is 11.8 Å². The van der Waals surface area contributed by atoms with E-state index in [1.165, 1.54) is 11.8 Å². The minimum Gasteiger partial charge on any atom is -0.508 e. The topological polar surface area (TPSA) is 74.1 Å². The van der Waals surface area contributed by atoms with E-state index in [0.29, 0.717) is 5.17 Å².